The Morgan fingerprint density at radius 3 is 3.08 bits per heavy atom. The summed E-state index contributed by atoms with van der Waals surface area (Å²) in [5, 5.41) is 0. The molecule has 1 atom stereocenters. The standard InChI is InChI=1S/C10H18N2/c1-8-7-12-5-3-2-4-9(12)6-10(8)11/h9H,2-7,11H2,1H3. The molecule has 0 aromatic rings. The van der Waals surface area contributed by atoms with Crippen molar-refractivity contribution in [3.8, 4) is 0 Å². The molecule has 0 spiro atoms. The van der Waals surface area contributed by atoms with E-state index in [0.29, 0.717) is 0 Å². The van der Waals surface area contributed by atoms with Crippen molar-refractivity contribution in [2.24, 2.45) is 5.73 Å². The van der Waals surface area contributed by atoms with E-state index in [1.807, 2.05) is 0 Å². The second-order valence-electron chi connectivity index (χ2n) is 4.13. The fourth-order valence-electron chi connectivity index (χ4n) is 2.33. The first kappa shape index (κ1) is 8.11. The first-order chi connectivity index (χ1) is 5.77. The summed E-state index contributed by atoms with van der Waals surface area (Å²) >= 11 is 0. The van der Waals surface area contributed by atoms with Crippen LogP contribution in [0.15, 0.2) is 11.3 Å². The molecular weight excluding hydrogens is 148 g/mol. The Bertz CT molecular complexity index is 186. The summed E-state index contributed by atoms with van der Waals surface area (Å²) < 4.78 is 0. The third kappa shape index (κ3) is 1.36. The van der Waals surface area contributed by atoms with E-state index in [1.54, 1.807) is 0 Å². The van der Waals surface area contributed by atoms with E-state index in [0.717, 1.165) is 24.7 Å². The number of hydrogen-bond acceptors (Lipinski definition) is 2. The topological polar surface area (TPSA) is 29.3 Å². The summed E-state index contributed by atoms with van der Waals surface area (Å²) in [5.41, 5.74) is 8.49. The summed E-state index contributed by atoms with van der Waals surface area (Å²) in [6, 6.07) is 0.766. The summed E-state index contributed by atoms with van der Waals surface area (Å²) in [6.45, 7) is 4.58. The maximum absolute atomic E-state index is 5.94. The van der Waals surface area contributed by atoms with Crippen molar-refractivity contribution in [1.29, 1.82) is 0 Å². The lowest BCUT2D eigenvalue weighted by Crippen LogP contribution is -2.44. The molecule has 0 aromatic carbocycles. The average molecular weight is 166 g/mol. The molecule has 2 aliphatic rings. The minimum absolute atomic E-state index is 0.766. The smallest absolute Gasteiger partial charge is 0.0213 e. The van der Waals surface area contributed by atoms with E-state index >= 15 is 0 Å². The van der Waals surface area contributed by atoms with Gasteiger partial charge in [-0.25, -0.2) is 0 Å². The van der Waals surface area contributed by atoms with Gasteiger partial charge in [-0.1, -0.05) is 6.42 Å². The second kappa shape index (κ2) is 3.09. The Morgan fingerprint density at radius 2 is 2.25 bits per heavy atom. The molecule has 12 heavy (non-hydrogen) atoms. The van der Waals surface area contributed by atoms with Crippen LogP contribution in [0.3, 0.4) is 0 Å². The Balaban J connectivity index is 2.10. The lowest BCUT2D eigenvalue weighted by molar-refractivity contribution is 0.149. The van der Waals surface area contributed by atoms with Crippen LogP contribution >= 0.6 is 0 Å². The van der Waals surface area contributed by atoms with Crippen LogP contribution in [-0.4, -0.2) is 24.0 Å². The highest BCUT2D eigenvalue weighted by Gasteiger charge is 2.26. The van der Waals surface area contributed by atoms with Gasteiger partial charge < -0.3 is 5.73 Å². The van der Waals surface area contributed by atoms with Gasteiger partial charge in [0.1, 0.15) is 0 Å². The second-order valence-corrected chi connectivity index (χ2v) is 4.13. The molecule has 1 fully saturated rings. The molecule has 2 rings (SSSR count). The quantitative estimate of drug-likeness (QED) is 0.590. The van der Waals surface area contributed by atoms with Crippen LogP contribution in [0.5, 0.6) is 0 Å². The van der Waals surface area contributed by atoms with Crippen LogP contribution in [0.4, 0.5) is 0 Å². The van der Waals surface area contributed by atoms with E-state index in [2.05, 4.69) is 11.8 Å². The van der Waals surface area contributed by atoms with Crippen LogP contribution in [0.2, 0.25) is 0 Å². The van der Waals surface area contributed by atoms with E-state index in [9.17, 15) is 0 Å². The van der Waals surface area contributed by atoms with E-state index < -0.39 is 0 Å². The van der Waals surface area contributed by atoms with Gasteiger partial charge in [0.25, 0.3) is 0 Å². The highest BCUT2D eigenvalue weighted by Crippen LogP contribution is 2.27. The molecule has 0 amide bonds. The number of rotatable bonds is 0. The molecule has 2 N–H and O–H groups in total. The van der Waals surface area contributed by atoms with Crippen molar-refractivity contribution >= 4 is 0 Å². The minimum Gasteiger partial charge on any atom is -0.402 e. The molecule has 1 unspecified atom stereocenters. The SMILES string of the molecule is CC1=C(N)CC2CCCCN2C1. The lowest BCUT2D eigenvalue weighted by Gasteiger charge is -2.39. The molecule has 0 aliphatic carbocycles. The predicted octanol–water partition coefficient (Wildman–Crippen LogP) is 1.48. The van der Waals surface area contributed by atoms with Gasteiger partial charge in [-0.3, -0.25) is 4.90 Å². The first-order valence-electron chi connectivity index (χ1n) is 4.95. The summed E-state index contributed by atoms with van der Waals surface area (Å²) in [7, 11) is 0. The number of fused-ring (bicyclic) bond motifs is 1. The van der Waals surface area contributed by atoms with Crippen LogP contribution in [-0.2, 0) is 0 Å². The molecule has 0 aromatic heterocycles. The number of nitrogens with zero attached hydrogens (tertiary/aromatic N) is 1. The zero-order valence-electron chi connectivity index (χ0n) is 7.84. The van der Waals surface area contributed by atoms with Gasteiger partial charge in [-0.15, -0.1) is 0 Å². The summed E-state index contributed by atoms with van der Waals surface area (Å²) in [4.78, 5) is 2.59. The summed E-state index contributed by atoms with van der Waals surface area (Å²) in [6.07, 6.45) is 5.25. The zero-order valence-corrected chi connectivity index (χ0v) is 7.84. The number of nitrogens with two attached hydrogens (primary N) is 1. The van der Waals surface area contributed by atoms with Crippen molar-refractivity contribution in [3.63, 3.8) is 0 Å². The molecule has 2 heterocycles. The van der Waals surface area contributed by atoms with Crippen molar-refractivity contribution in [3.05, 3.63) is 11.3 Å². The molecule has 68 valence electrons. The van der Waals surface area contributed by atoms with Gasteiger partial charge in [0, 0.05) is 24.7 Å². The normalized spacial score (nSPS) is 31.9. The zero-order chi connectivity index (χ0) is 8.55. The van der Waals surface area contributed by atoms with Crippen LogP contribution in [0.1, 0.15) is 32.6 Å². The van der Waals surface area contributed by atoms with Crippen molar-refractivity contribution in [1.82, 2.24) is 4.90 Å². The van der Waals surface area contributed by atoms with Gasteiger partial charge >= 0.3 is 0 Å². The predicted molar refractivity (Wildman–Crippen MR) is 50.7 cm³/mol. The Morgan fingerprint density at radius 1 is 1.42 bits per heavy atom. The molecule has 2 nitrogen and oxygen atoms in total. The molecule has 0 radical (unpaired) electrons. The van der Waals surface area contributed by atoms with Crippen molar-refractivity contribution < 1.29 is 0 Å². The number of hydrogen-bond donors (Lipinski definition) is 1. The van der Waals surface area contributed by atoms with E-state index in [1.165, 1.54) is 31.4 Å². The third-order valence-corrected chi connectivity index (χ3v) is 3.19. The van der Waals surface area contributed by atoms with Crippen LogP contribution < -0.4 is 5.73 Å². The lowest BCUT2D eigenvalue weighted by atomic mass is 9.92. The van der Waals surface area contributed by atoms with Gasteiger partial charge in [0.2, 0.25) is 0 Å². The van der Waals surface area contributed by atoms with Crippen LogP contribution in [0, 0.1) is 0 Å². The fourth-order valence-corrected chi connectivity index (χ4v) is 2.33. The fraction of sp³-hybridized carbons (Fsp3) is 0.800. The first-order valence-corrected chi connectivity index (χ1v) is 4.95. The van der Waals surface area contributed by atoms with E-state index in [4.69, 9.17) is 5.73 Å². The Kier molecular flexibility index (Phi) is 2.09. The summed E-state index contributed by atoms with van der Waals surface area (Å²) in [5.74, 6) is 0. The molecule has 2 heteroatoms. The van der Waals surface area contributed by atoms with Gasteiger partial charge in [0.05, 0.1) is 0 Å². The molecular formula is C10H18N2. The number of piperidine rings is 1. The largest absolute Gasteiger partial charge is 0.402 e. The van der Waals surface area contributed by atoms with Gasteiger partial charge in [-0.2, -0.15) is 0 Å². The molecule has 0 saturated carbocycles. The highest BCUT2D eigenvalue weighted by molar-refractivity contribution is 5.16. The Labute approximate surface area is 74.4 Å². The van der Waals surface area contributed by atoms with Gasteiger partial charge in [-0.05, 0) is 31.9 Å². The average Bonchev–Trinajstić information content (AvgIpc) is 2.07. The molecule has 1 saturated heterocycles. The maximum Gasteiger partial charge on any atom is 0.0213 e. The minimum atomic E-state index is 0.766. The molecule has 2 aliphatic heterocycles. The van der Waals surface area contributed by atoms with Gasteiger partial charge in [0.15, 0.2) is 0 Å². The monoisotopic (exact) mass is 166 g/mol. The van der Waals surface area contributed by atoms with Crippen molar-refractivity contribution in [2.45, 2.75) is 38.6 Å². The van der Waals surface area contributed by atoms with Crippen molar-refractivity contribution in [2.75, 3.05) is 13.1 Å². The molecule has 0 bridgehead atoms. The van der Waals surface area contributed by atoms with Crippen LogP contribution in [0.25, 0.3) is 0 Å². The van der Waals surface area contributed by atoms with E-state index in [-0.39, 0.29) is 0 Å². The maximum atomic E-state index is 5.94. The third-order valence-electron chi connectivity index (χ3n) is 3.19. The Hall–Kier alpha value is -0.500. The highest BCUT2D eigenvalue weighted by atomic mass is 15.2.